The molecule has 0 saturated carbocycles. The second-order valence-corrected chi connectivity index (χ2v) is 5.15. The van der Waals surface area contributed by atoms with E-state index in [4.69, 9.17) is 40.9 Å². The number of hydrogen-bond donors (Lipinski definition) is 10. The van der Waals surface area contributed by atoms with Gasteiger partial charge in [0.15, 0.2) is 0 Å². The fraction of sp³-hybridized carbons (Fsp3) is 0.471. The molecule has 1 unspecified atom stereocenters. The molecule has 0 saturated heterocycles. The van der Waals surface area contributed by atoms with Crippen molar-refractivity contribution in [2.24, 2.45) is 5.41 Å². The van der Waals surface area contributed by atoms with Gasteiger partial charge in [-0.05, 0) is 0 Å². The van der Waals surface area contributed by atoms with Crippen molar-refractivity contribution in [2.45, 2.75) is 11.7 Å². The van der Waals surface area contributed by atoms with Gasteiger partial charge in [-0.3, -0.25) is 0 Å². The number of aliphatic carboxylic acids is 3. The second kappa shape index (κ2) is 19.7. The molecule has 0 heterocycles. The van der Waals surface area contributed by atoms with Crippen LogP contribution in [0.2, 0.25) is 0 Å². The lowest BCUT2D eigenvalue weighted by molar-refractivity contribution is -0.220. The maximum absolute atomic E-state index is 9.75. The third-order valence-corrected chi connectivity index (χ3v) is 3.35. The van der Waals surface area contributed by atoms with Crippen LogP contribution in [0, 0.1) is 5.41 Å². The van der Waals surface area contributed by atoms with Crippen LogP contribution < -0.4 is 0 Å². The van der Waals surface area contributed by atoms with Gasteiger partial charge in [0.1, 0.15) is 5.60 Å². The second-order valence-electron chi connectivity index (χ2n) is 5.15. The van der Waals surface area contributed by atoms with Crippen LogP contribution in [-0.2, 0) is 14.4 Å². The van der Waals surface area contributed by atoms with Gasteiger partial charge in [0.2, 0.25) is 0 Å². The number of rotatable bonds is 10. The van der Waals surface area contributed by atoms with Gasteiger partial charge in [0, 0.05) is 18.2 Å². The molecular formula is C17H30O13. The lowest BCUT2D eigenvalue weighted by Gasteiger charge is -2.45. The summed E-state index contributed by atoms with van der Waals surface area (Å²) in [7, 11) is 0. The van der Waals surface area contributed by atoms with E-state index in [1.165, 1.54) is 0 Å². The van der Waals surface area contributed by atoms with Gasteiger partial charge in [-0.1, -0.05) is 19.7 Å². The molecule has 13 heteroatoms. The van der Waals surface area contributed by atoms with Gasteiger partial charge in [-0.2, -0.15) is 0 Å². The predicted octanol–water partition coefficient (Wildman–Crippen LogP) is -3.20. The van der Waals surface area contributed by atoms with Crippen molar-refractivity contribution in [1.82, 2.24) is 0 Å². The van der Waals surface area contributed by atoms with E-state index in [9.17, 15) is 24.6 Å². The molecule has 0 aromatic heterocycles. The van der Waals surface area contributed by atoms with Crippen molar-refractivity contribution < 1.29 is 65.4 Å². The van der Waals surface area contributed by atoms with Crippen LogP contribution in [0.3, 0.4) is 0 Å². The minimum atomic E-state index is -2.28. The molecule has 0 spiro atoms. The van der Waals surface area contributed by atoms with E-state index in [1.807, 2.05) is 0 Å². The zero-order chi connectivity index (χ0) is 25.0. The summed E-state index contributed by atoms with van der Waals surface area (Å²) >= 11 is 0. The SMILES string of the molecule is C=CC(=O)O.C=CC(=O)O.C=CC(=O)O.OCC(O)C(CO)(CO)C(O)(CO)CO. The number of carboxylic acid groups (broad SMARTS) is 3. The fourth-order valence-electron chi connectivity index (χ4n) is 1.40. The van der Waals surface area contributed by atoms with Crippen LogP contribution in [0.25, 0.3) is 0 Å². The highest BCUT2D eigenvalue weighted by Gasteiger charge is 2.54. The third kappa shape index (κ3) is 14.4. The smallest absolute Gasteiger partial charge is 0.327 e. The number of carboxylic acids is 3. The van der Waals surface area contributed by atoms with Gasteiger partial charge in [-0.15, -0.1) is 0 Å². The number of hydrogen-bond acceptors (Lipinski definition) is 10. The highest BCUT2D eigenvalue weighted by Crippen LogP contribution is 2.34. The van der Waals surface area contributed by atoms with Gasteiger partial charge in [-0.25, -0.2) is 14.4 Å². The Balaban J connectivity index is -0.000000184. The average molecular weight is 442 g/mol. The van der Waals surface area contributed by atoms with E-state index in [0.29, 0.717) is 0 Å². The van der Waals surface area contributed by atoms with Crippen molar-refractivity contribution in [1.29, 1.82) is 0 Å². The summed E-state index contributed by atoms with van der Waals surface area (Å²) in [5.74, 6) is -2.94. The minimum absolute atomic E-state index is 0.830. The summed E-state index contributed by atoms with van der Waals surface area (Å²) in [5.41, 5.74) is -4.26. The highest BCUT2D eigenvalue weighted by atomic mass is 16.4. The minimum Gasteiger partial charge on any atom is -0.478 e. The average Bonchev–Trinajstić information content (AvgIpc) is 2.75. The molecule has 0 aliphatic rings. The summed E-state index contributed by atoms with van der Waals surface area (Å²) in [6, 6.07) is 0. The molecule has 0 aliphatic carbocycles. The van der Waals surface area contributed by atoms with E-state index in [1.54, 1.807) is 0 Å². The topological polar surface area (TPSA) is 254 Å². The molecule has 0 radical (unpaired) electrons. The zero-order valence-corrected chi connectivity index (χ0v) is 16.2. The maximum Gasteiger partial charge on any atom is 0.327 e. The monoisotopic (exact) mass is 442 g/mol. The van der Waals surface area contributed by atoms with E-state index < -0.39 is 68.1 Å². The van der Waals surface area contributed by atoms with Crippen LogP contribution in [0.5, 0.6) is 0 Å². The Morgan fingerprint density at radius 3 is 1.03 bits per heavy atom. The first-order valence-corrected chi connectivity index (χ1v) is 7.80. The quantitative estimate of drug-likeness (QED) is 0.150. The molecule has 0 amide bonds. The summed E-state index contributed by atoms with van der Waals surface area (Å²) in [5, 5.41) is 86.6. The molecule has 13 nitrogen and oxygen atoms in total. The molecule has 176 valence electrons. The van der Waals surface area contributed by atoms with Gasteiger partial charge >= 0.3 is 17.9 Å². The van der Waals surface area contributed by atoms with Crippen LogP contribution in [0.4, 0.5) is 0 Å². The molecule has 0 rings (SSSR count). The number of carbonyl (C=O) groups is 3. The number of aliphatic hydroxyl groups is 7. The predicted molar refractivity (Wildman–Crippen MR) is 102 cm³/mol. The van der Waals surface area contributed by atoms with Crippen LogP contribution in [0.15, 0.2) is 38.0 Å². The molecule has 1 atom stereocenters. The normalized spacial score (nSPS) is 10.9. The highest BCUT2D eigenvalue weighted by molar-refractivity contribution is 5.79. The van der Waals surface area contributed by atoms with E-state index in [0.717, 1.165) is 18.2 Å². The molecule has 0 aromatic carbocycles. The standard InChI is InChI=1S/C8H18O7.3C3H4O2/c9-1-6(14)7(2-10,3-11)8(15,4-12)5-13;3*1-2-3(4)5/h6,9-15H,1-5H2;3*2H,1H2,(H,4,5). The van der Waals surface area contributed by atoms with Crippen LogP contribution in [0.1, 0.15) is 0 Å². The van der Waals surface area contributed by atoms with Crippen molar-refractivity contribution >= 4 is 17.9 Å². The zero-order valence-electron chi connectivity index (χ0n) is 16.2. The third-order valence-electron chi connectivity index (χ3n) is 3.35. The van der Waals surface area contributed by atoms with Gasteiger partial charge in [0.05, 0.1) is 44.6 Å². The lowest BCUT2D eigenvalue weighted by atomic mass is 9.69. The molecule has 0 aromatic rings. The fourth-order valence-corrected chi connectivity index (χ4v) is 1.40. The van der Waals surface area contributed by atoms with Gasteiger partial charge < -0.3 is 51.1 Å². The van der Waals surface area contributed by atoms with Crippen molar-refractivity contribution in [3.63, 3.8) is 0 Å². The first-order chi connectivity index (χ1) is 13.8. The number of aliphatic hydroxyl groups excluding tert-OH is 6. The van der Waals surface area contributed by atoms with Gasteiger partial charge in [0.25, 0.3) is 0 Å². The van der Waals surface area contributed by atoms with Crippen molar-refractivity contribution in [2.75, 3.05) is 33.0 Å². The first kappa shape index (κ1) is 34.8. The summed E-state index contributed by atoms with van der Waals surface area (Å²) < 4.78 is 0. The van der Waals surface area contributed by atoms with Crippen molar-refractivity contribution in [3.8, 4) is 0 Å². The molecular weight excluding hydrogens is 412 g/mol. The Hall–Kier alpha value is -2.65. The molecule has 0 aliphatic heterocycles. The largest absolute Gasteiger partial charge is 0.478 e. The van der Waals surface area contributed by atoms with E-state index in [2.05, 4.69) is 19.7 Å². The first-order valence-electron chi connectivity index (χ1n) is 7.80. The maximum atomic E-state index is 9.75. The summed E-state index contributed by atoms with van der Waals surface area (Å²) in [4.78, 5) is 27.8. The molecule has 0 bridgehead atoms. The summed E-state index contributed by atoms with van der Waals surface area (Å²) in [6.45, 7) is 4.31. The van der Waals surface area contributed by atoms with E-state index in [-0.39, 0.29) is 0 Å². The van der Waals surface area contributed by atoms with E-state index >= 15 is 0 Å². The molecule has 0 fully saturated rings. The summed E-state index contributed by atoms with van der Waals surface area (Å²) in [6.07, 6.45) is 0.830. The Kier molecular flexibility index (Phi) is 22.8. The Labute approximate surface area is 172 Å². The Morgan fingerprint density at radius 2 is 0.933 bits per heavy atom. The lowest BCUT2D eigenvalue weighted by Crippen LogP contribution is -2.64. The van der Waals surface area contributed by atoms with Crippen LogP contribution in [-0.4, -0.2) is 114 Å². The molecule has 10 N–H and O–H groups in total. The Bertz CT molecular complexity index is 479. The molecule has 30 heavy (non-hydrogen) atoms. The Morgan fingerprint density at radius 1 is 0.700 bits per heavy atom. The van der Waals surface area contributed by atoms with Crippen LogP contribution >= 0.6 is 0 Å². The van der Waals surface area contributed by atoms with Crippen molar-refractivity contribution in [3.05, 3.63) is 38.0 Å².